The van der Waals surface area contributed by atoms with Crippen molar-refractivity contribution in [3.63, 3.8) is 0 Å². The highest BCUT2D eigenvalue weighted by Gasteiger charge is 2.36. The van der Waals surface area contributed by atoms with Crippen molar-refractivity contribution >= 4 is 17.2 Å². The Morgan fingerprint density at radius 1 is 1.17 bits per heavy atom. The van der Waals surface area contributed by atoms with E-state index in [0.29, 0.717) is 31.4 Å². The van der Waals surface area contributed by atoms with E-state index in [2.05, 4.69) is 20.9 Å². The predicted molar refractivity (Wildman–Crippen MR) is 115 cm³/mol. The average Bonchev–Trinajstić information content (AvgIpc) is 3.23. The number of piperidine rings is 1. The molecule has 6 nitrogen and oxygen atoms in total. The largest absolute Gasteiger partial charge is 0.353 e. The zero-order valence-corrected chi connectivity index (χ0v) is 17.7. The number of nitrogens with zero attached hydrogens (tertiary/aromatic N) is 5. The van der Waals surface area contributed by atoms with Crippen LogP contribution in [0.15, 0.2) is 46.8 Å². The molecule has 1 saturated heterocycles. The summed E-state index contributed by atoms with van der Waals surface area (Å²) in [5.74, 6) is 0.671. The van der Waals surface area contributed by atoms with Gasteiger partial charge in [-0.05, 0) is 37.6 Å². The van der Waals surface area contributed by atoms with Gasteiger partial charge in [0.05, 0.1) is 6.54 Å². The van der Waals surface area contributed by atoms with Gasteiger partial charge in [0.1, 0.15) is 5.01 Å². The monoisotopic (exact) mass is 425 g/mol. The van der Waals surface area contributed by atoms with Gasteiger partial charge in [0.2, 0.25) is 0 Å². The van der Waals surface area contributed by atoms with E-state index in [1.807, 2.05) is 28.0 Å². The van der Waals surface area contributed by atoms with Gasteiger partial charge in [0.25, 0.3) is 5.56 Å². The average molecular weight is 426 g/mol. The maximum Gasteiger partial charge on any atom is 0.255 e. The molecule has 0 radical (unpaired) electrons. The highest BCUT2D eigenvalue weighted by molar-refractivity contribution is 7.09. The van der Waals surface area contributed by atoms with Crippen LogP contribution in [0, 0.1) is 11.7 Å². The molecule has 0 saturated carbocycles. The van der Waals surface area contributed by atoms with Crippen molar-refractivity contribution in [2.45, 2.75) is 32.0 Å². The first-order valence-corrected chi connectivity index (χ1v) is 11.1. The minimum Gasteiger partial charge on any atom is -0.353 e. The maximum atomic E-state index is 14.3. The predicted octanol–water partition coefficient (Wildman–Crippen LogP) is 3.09. The molecule has 0 amide bonds. The van der Waals surface area contributed by atoms with Crippen LogP contribution in [0.4, 0.5) is 10.2 Å². The van der Waals surface area contributed by atoms with Gasteiger partial charge in [-0.15, -0.1) is 11.3 Å². The molecule has 1 fully saturated rings. The fourth-order valence-electron chi connectivity index (χ4n) is 4.80. The summed E-state index contributed by atoms with van der Waals surface area (Å²) in [4.78, 5) is 26.0. The molecule has 0 aliphatic carbocycles. The highest BCUT2D eigenvalue weighted by Crippen LogP contribution is 2.37. The molecule has 30 heavy (non-hydrogen) atoms. The number of aromatic nitrogens is 3. The summed E-state index contributed by atoms with van der Waals surface area (Å²) < 4.78 is 16.2. The van der Waals surface area contributed by atoms with Gasteiger partial charge in [-0.25, -0.2) is 14.4 Å². The Kier molecular flexibility index (Phi) is 5.12. The molecular weight excluding hydrogens is 401 g/mol. The van der Waals surface area contributed by atoms with Gasteiger partial charge in [0, 0.05) is 61.1 Å². The molecule has 3 aromatic heterocycles. The lowest BCUT2D eigenvalue weighted by Crippen LogP contribution is -2.48. The van der Waals surface area contributed by atoms with Crippen LogP contribution in [0.25, 0.3) is 0 Å². The number of hydrogen-bond donors (Lipinski definition) is 0. The Balaban J connectivity index is 1.37. The zero-order valence-electron chi connectivity index (χ0n) is 16.9. The lowest BCUT2D eigenvalue weighted by atomic mass is 9.83. The first kappa shape index (κ1) is 19.4. The van der Waals surface area contributed by atoms with Crippen LogP contribution >= 0.6 is 11.3 Å². The summed E-state index contributed by atoms with van der Waals surface area (Å²) in [7, 11) is 2.01. The van der Waals surface area contributed by atoms with Crippen molar-refractivity contribution in [3.8, 4) is 0 Å². The summed E-state index contributed by atoms with van der Waals surface area (Å²) in [5, 5.41) is 3.02. The van der Waals surface area contributed by atoms with Crippen molar-refractivity contribution in [2.75, 3.05) is 25.0 Å². The molecule has 0 aromatic carbocycles. The first-order valence-electron chi connectivity index (χ1n) is 10.2. The Labute approximate surface area is 178 Å². The van der Waals surface area contributed by atoms with E-state index in [-0.39, 0.29) is 17.3 Å². The van der Waals surface area contributed by atoms with Crippen LogP contribution in [0.2, 0.25) is 0 Å². The maximum absolute atomic E-state index is 14.3. The van der Waals surface area contributed by atoms with Gasteiger partial charge in [-0.3, -0.25) is 9.69 Å². The quantitative estimate of drug-likeness (QED) is 0.629. The molecule has 0 unspecified atom stereocenters. The third kappa shape index (κ3) is 3.65. The summed E-state index contributed by atoms with van der Waals surface area (Å²) >= 11 is 1.63. The fourth-order valence-corrected chi connectivity index (χ4v) is 5.50. The molecule has 8 heteroatoms. The van der Waals surface area contributed by atoms with Gasteiger partial charge >= 0.3 is 0 Å². The summed E-state index contributed by atoms with van der Waals surface area (Å²) in [5.41, 5.74) is 1.97. The lowest BCUT2D eigenvalue weighted by molar-refractivity contribution is 0.275. The van der Waals surface area contributed by atoms with E-state index < -0.39 is 0 Å². The standard InChI is InChI=1S/C22H24FN5OS/c1-26(14-20-24-7-8-30-20)12-16-4-5-19-17-9-15(11-28(19)22(16)29)10-27(13-17)21-18(23)3-2-6-25-21/h2-8,15,17H,9-14H2,1H3/t15-,17+/m0/s1. The molecule has 2 atom stereocenters. The molecule has 3 aromatic rings. The van der Waals surface area contributed by atoms with Crippen LogP contribution in [0.3, 0.4) is 0 Å². The zero-order chi connectivity index (χ0) is 20.7. The van der Waals surface area contributed by atoms with Crippen molar-refractivity contribution in [1.29, 1.82) is 0 Å². The molecule has 5 rings (SSSR count). The minimum absolute atomic E-state index is 0.102. The molecule has 2 aliphatic rings. The van der Waals surface area contributed by atoms with Gasteiger partial charge in [-0.1, -0.05) is 6.07 Å². The minimum atomic E-state index is -0.284. The number of halogens is 1. The summed E-state index contributed by atoms with van der Waals surface area (Å²) in [6.07, 6.45) is 4.48. The lowest BCUT2D eigenvalue weighted by Gasteiger charge is -2.43. The van der Waals surface area contributed by atoms with E-state index in [1.165, 1.54) is 6.07 Å². The second-order valence-electron chi connectivity index (χ2n) is 8.31. The van der Waals surface area contributed by atoms with E-state index in [0.717, 1.165) is 35.8 Å². The second kappa shape index (κ2) is 7.92. The third-order valence-corrected chi connectivity index (χ3v) is 6.81. The molecular formula is C22H24FN5OS. The molecule has 5 heterocycles. The van der Waals surface area contributed by atoms with E-state index in [1.54, 1.807) is 29.8 Å². The van der Waals surface area contributed by atoms with E-state index in [4.69, 9.17) is 0 Å². The molecule has 156 valence electrons. The van der Waals surface area contributed by atoms with Crippen LogP contribution in [0.1, 0.15) is 28.6 Å². The Bertz CT molecular complexity index is 1100. The van der Waals surface area contributed by atoms with Crippen molar-refractivity contribution in [3.05, 3.63) is 74.5 Å². The Morgan fingerprint density at radius 3 is 2.87 bits per heavy atom. The smallest absolute Gasteiger partial charge is 0.255 e. The van der Waals surface area contributed by atoms with Crippen LogP contribution in [-0.2, 0) is 19.6 Å². The number of thiazole rings is 1. The van der Waals surface area contributed by atoms with Crippen molar-refractivity contribution in [2.24, 2.45) is 5.92 Å². The van der Waals surface area contributed by atoms with Crippen LogP contribution in [-0.4, -0.2) is 39.6 Å². The molecule has 2 aliphatic heterocycles. The topological polar surface area (TPSA) is 54.3 Å². The highest BCUT2D eigenvalue weighted by atomic mass is 32.1. The number of anilines is 1. The number of pyridine rings is 2. The first-order chi connectivity index (χ1) is 14.6. The number of rotatable bonds is 5. The number of fused-ring (bicyclic) bond motifs is 4. The van der Waals surface area contributed by atoms with Gasteiger partial charge in [0.15, 0.2) is 11.6 Å². The third-order valence-electron chi connectivity index (χ3n) is 6.05. The van der Waals surface area contributed by atoms with Gasteiger partial charge in [-0.2, -0.15) is 0 Å². The van der Waals surface area contributed by atoms with Crippen molar-refractivity contribution < 1.29 is 4.39 Å². The molecule has 2 bridgehead atoms. The van der Waals surface area contributed by atoms with E-state index >= 15 is 0 Å². The van der Waals surface area contributed by atoms with E-state index in [9.17, 15) is 9.18 Å². The SMILES string of the molecule is CN(Cc1nccs1)Cc1ccc2n(c1=O)C[C@H]1C[C@@H]2CN(c2ncccc2F)C1. The normalized spacial score (nSPS) is 20.4. The Morgan fingerprint density at radius 2 is 2.07 bits per heavy atom. The summed E-state index contributed by atoms with van der Waals surface area (Å²) in [6.45, 7) is 3.42. The molecule has 0 N–H and O–H groups in total. The summed E-state index contributed by atoms with van der Waals surface area (Å²) in [6, 6.07) is 7.13. The van der Waals surface area contributed by atoms with Crippen molar-refractivity contribution in [1.82, 2.24) is 19.4 Å². The number of hydrogen-bond acceptors (Lipinski definition) is 6. The van der Waals surface area contributed by atoms with Crippen LogP contribution in [0.5, 0.6) is 0 Å². The second-order valence-corrected chi connectivity index (χ2v) is 9.29. The fraction of sp³-hybridized carbons (Fsp3) is 0.409. The molecule has 0 spiro atoms. The Hall–Kier alpha value is -2.58. The van der Waals surface area contributed by atoms with Crippen LogP contribution < -0.4 is 10.5 Å². The van der Waals surface area contributed by atoms with Gasteiger partial charge < -0.3 is 9.47 Å².